The lowest BCUT2D eigenvalue weighted by Crippen LogP contribution is -2.61. The molecule has 2 saturated heterocycles. The maximum atomic E-state index is 15.0. The average Bonchev–Trinajstić information content (AvgIpc) is 3.87. The van der Waals surface area contributed by atoms with Crippen LogP contribution in [0.15, 0.2) is 54.6 Å². The monoisotopic (exact) mass is 1080 g/mol. The normalized spacial score (nSPS) is 25.8. The molecule has 5 amide bonds. The molecule has 0 bridgehead atoms. The fourth-order valence-corrected chi connectivity index (χ4v) is 9.72. The molecule has 11 atom stereocenters. The minimum absolute atomic E-state index is 0.0483. The van der Waals surface area contributed by atoms with Gasteiger partial charge in [-0.25, -0.2) is 4.79 Å². The van der Waals surface area contributed by atoms with E-state index in [4.69, 9.17) is 26.4 Å². The summed E-state index contributed by atoms with van der Waals surface area (Å²) >= 11 is 5.77. The summed E-state index contributed by atoms with van der Waals surface area (Å²) in [4.78, 5) is 120. The second-order valence-electron chi connectivity index (χ2n) is 21.5. The van der Waals surface area contributed by atoms with Crippen LogP contribution in [0.5, 0.6) is 5.75 Å². The van der Waals surface area contributed by atoms with Gasteiger partial charge in [-0.2, -0.15) is 0 Å². The smallest absolute Gasteiger partial charge is 0.329 e. The number of amides is 5. The number of hydrogen-bond acceptors (Lipinski definition) is 13. The molecule has 2 aromatic rings. The highest BCUT2D eigenvalue weighted by molar-refractivity contribution is 7.80. The van der Waals surface area contributed by atoms with Gasteiger partial charge in [-0.1, -0.05) is 92.1 Å². The molecular weight excluding hydrogens is 995 g/mol. The van der Waals surface area contributed by atoms with Gasteiger partial charge in [0.2, 0.25) is 29.5 Å². The van der Waals surface area contributed by atoms with E-state index >= 15 is 0 Å². The summed E-state index contributed by atoms with van der Waals surface area (Å²) in [5.74, 6) is -8.20. The second-order valence-corrected chi connectivity index (χ2v) is 21.9. The molecule has 20 heteroatoms. The van der Waals surface area contributed by atoms with Gasteiger partial charge in [0, 0.05) is 32.7 Å². The zero-order valence-corrected chi connectivity index (χ0v) is 47.4. The van der Waals surface area contributed by atoms with Crippen molar-refractivity contribution in [3.8, 4) is 5.75 Å². The Balaban J connectivity index is 1.88. The molecule has 0 radical (unpaired) electrons. The van der Waals surface area contributed by atoms with Crippen LogP contribution in [0, 0.1) is 29.6 Å². The standard InChI is InChI=1S/C56H83N7O12S/c1-14-34(8)46-44(64)30-45(65)75-49(33(6)7)48(66)35(9)50(67)58-40(27-31(2)3)53(70)63-26-18-21-41(63)54(71)61(11)43(29-37-22-24-39(73-13)25-23-37)55(72)74-36(10)47(52(69)59-46)60-51(68)42(28-32(4)5)62(12)56(76)57-38-19-16-15-17-20-38/h15-17,19-20,22-25,31-36,40-44,46-47,49,64H,14,18,21,26-30H2,1-13H3,(H,57,76)(H,58,67)(H,59,69)(H,60,68)/t34-,35-,36-,40+,41-,42+,43-,44+,46+,47-,49+/m0/s1. The number of cyclic esters (lactones) is 2. The average molecular weight is 1080 g/mol. The molecule has 0 spiro atoms. The van der Waals surface area contributed by atoms with Gasteiger partial charge in [0.25, 0.3) is 0 Å². The summed E-state index contributed by atoms with van der Waals surface area (Å²) in [7, 11) is 4.59. The van der Waals surface area contributed by atoms with Crippen LogP contribution in [-0.2, 0) is 54.3 Å². The van der Waals surface area contributed by atoms with Crippen LogP contribution >= 0.6 is 12.2 Å². The highest BCUT2D eigenvalue weighted by atomic mass is 32.1. The van der Waals surface area contributed by atoms with Gasteiger partial charge in [-0.3, -0.25) is 33.6 Å². The van der Waals surface area contributed by atoms with Crippen molar-refractivity contribution in [1.82, 2.24) is 30.7 Å². The summed E-state index contributed by atoms with van der Waals surface area (Å²) in [6.07, 6.45) is -3.72. The van der Waals surface area contributed by atoms with Gasteiger partial charge in [-0.05, 0) is 105 Å². The van der Waals surface area contributed by atoms with Crippen molar-refractivity contribution in [2.24, 2.45) is 29.6 Å². The number of anilines is 1. The fraction of sp³-hybridized carbons (Fsp3) is 0.625. The zero-order chi connectivity index (χ0) is 56.7. The van der Waals surface area contributed by atoms with Crippen LogP contribution in [-0.4, -0.2) is 154 Å². The van der Waals surface area contributed by atoms with Gasteiger partial charge in [0.15, 0.2) is 17.0 Å². The maximum Gasteiger partial charge on any atom is 0.329 e. The number of hydrogen-bond donors (Lipinski definition) is 5. The largest absolute Gasteiger partial charge is 0.497 e. The molecule has 0 saturated carbocycles. The number of Topliss-reactive ketones (excluding diaryl/α,β-unsaturated/α-hetero) is 1. The first-order valence-electron chi connectivity index (χ1n) is 26.6. The van der Waals surface area contributed by atoms with E-state index in [1.54, 1.807) is 57.0 Å². The summed E-state index contributed by atoms with van der Waals surface area (Å²) in [5, 5.41) is 23.6. The Morgan fingerprint density at radius 1 is 0.895 bits per heavy atom. The third-order valence-corrected chi connectivity index (χ3v) is 14.7. The van der Waals surface area contributed by atoms with E-state index in [0.717, 1.165) is 0 Å². The van der Waals surface area contributed by atoms with Crippen molar-refractivity contribution in [2.45, 2.75) is 169 Å². The number of esters is 2. The van der Waals surface area contributed by atoms with Gasteiger partial charge in [-0.15, -0.1) is 0 Å². The van der Waals surface area contributed by atoms with Gasteiger partial charge in [0.1, 0.15) is 42.1 Å². The van der Waals surface area contributed by atoms with Crippen molar-refractivity contribution >= 4 is 70.3 Å². The summed E-state index contributed by atoms with van der Waals surface area (Å²) < 4.78 is 17.3. The number of para-hydroxylation sites is 1. The Morgan fingerprint density at radius 3 is 2.12 bits per heavy atom. The number of carbonyl (C=O) groups excluding carboxylic acids is 8. The number of carbonyl (C=O) groups is 8. The number of fused-ring (bicyclic) bond motifs is 1. The van der Waals surface area contributed by atoms with Gasteiger partial charge < -0.3 is 55.3 Å². The third-order valence-electron chi connectivity index (χ3n) is 14.3. The predicted molar refractivity (Wildman–Crippen MR) is 291 cm³/mol. The number of rotatable bonds is 14. The molecule has 4 rings (SSSR count). The number of likely N-dealkylation sites (N-methyl/N-ethyl adjacent to an activating group) is 2. The number of nitrogens with zero attached hydrogens (tertiary/aromatic N) is 3. The minimum Gasteiger partial charge on any atom is -0.497 e. The van der Waals surface area contributed by atoms with Crippen molar-refractivity contribution in [3.63, 3.8) is 0 Å². The van der Waals surface area contributed by atoms with E-state index in [9.17, 15) is 43.5 Å². The minimum atomic E-state index is -1.64. The number of methoxy groups -OCH3 is 1. The third kappa shape index (κ3) is 16.9. The Bertz CT molecular complexity index is 2330. The lowest BCUT2D eigenvalue weighted by atomic mass is 9.91. The quantitative estimate of drug-likeness (QED) is 0.0969. The highest BCUT2D eigenvalue weighted by Crippen LogP contribution is 2.26. The highest BCUT2D eigenvalue weighted by Gasteiger charge is 2.45. The van der Waals surface area contributed by atoms with Crippen LogP contribution in [0.4, 0.5) is 5.69 Å². The number of ketones is 1. The molecule has 0 unspecified atom stereocenters. The van der Waals surface area contributed by atoms with Crippen molar-refractivity contribution < 1.29 is 57.7 Å². The van der Waals surface area contributed by atoms with Gasteiger partial charge in [0.05, 0.1) is 31.6 Å². The van der Waals surface area contributed by atoms with E-state index in [1.807, 2.05) is 65.0 Å². The molecule has 76 heavy (non-hydrogen) atoms. The number of thiocarbonyl (C=S) groups is 1. The molecule has 0 aliphatic carbocycles. The summed E-state index contributed by atoms with van der Waals surface area (Å²) in [6, 6.07) is 8.69. The summed E-state index contributed by atoms with van der Waals surface area (Å²) in [6.45, 7) is 17.4. The Hall–Kier alpha value is -6.15. The Labute approximate surface area is 454 Å². The van der Waals surface area contributed by atoms with Crippen LogP contribution in [0.1, 0.15) is 113 Å². The first-order chi connectivity index (χ1) is 35.8. The first-order valence-corrected chi connectivity index (χ1v) is 27.0. The number of benzene rings is 2. The van der Waals surface area contributed by atoms with Crippen LogP contribution in [0.25, 0.3) is 0 Å². The van der Waals surface area contributed by atoms with Crippen LogP contribution < -0.4 is 26.0 Å². The van der Waals surface area contributed by atoms with Crippen molar-refractivity contribution in [2.75, 3.05) is 33.1 Å². The molecule has 0 aromatic heterocycles. The topological polar surface area (TPSA) is 242 Å². The Morgan fingerprint density at radius 2 is 1.54 bits per heavy atom. The van der Waals surface area contributed by atoms with Crippen molar-refractivity contribution in [3.05, 3.63) is 60.2 Å². The van der Waals surface area contributed by atoms with Gasteiger partial charge >= 0.3 is 11.9 Å². The molecule has 2 heterocycles. The van der Waals surface area contributed by atoms with E-state index in [2.05, 4.69) is 21.3 Å². The lowest BCUT2D eigenvalue weighted by Gasteiger charge is -2.36. The first kappa shape index (κ1) is 62.4. The predicted octanol–water partition coefficient (Wildman–Crippen LogP) is 4.82. The second kappa shape index (κ2) is 28.8. The molecule has 2 aliphatic heterocycles. The van der Waals surface area contributed by atoms with E-state index in [1.165, 1.54) is 37.8 Å². The lowest BCUT2D eigenvalue weighted by molar-refractivity contribution is -0.163. The fourth-order valence-electron chi connectivity index (χ4n) is 9.48. The van der Waals surface area contributed by atoms with Crippen molar-refractivity contribution in [1.29, 1.82) is 0 Å². The summed E-state index contributed by atoms with van der Waals surface area (Å²) in [5.41, 5.74) is 1.29. The van der Waals surface area contributed by atoms with E-state index in [0.29, 0.717) is 29.8 Å². The molecule has 5 N–H and O–H groups in total. The number of ether oxygens (including phenoxy) is 3. The number of aliphatic hydroxyl groups is 1. The molecule has 19 nitrogen and oxygen atoms in total. The zero-order valence-electron chi connectivity index (χ0n) is 46.6. The SMILES string of the molecule is CC[C@H](C)[C@H]1NC(=O)[C@@H](NC(=O)[C@@H](CC(C)C)N(C)C(=S)Nc2ccccc2)[C@H](C)OC(=O)[C@H](Cc2ccc(OC)cc2)N(C)C(=O)[C@@H]2CCCN2C(=O)[C@@H](CC(C)C)NC(=O)[C@@H](C)C(=O)[C@@H](C(C)C)OC(=O)C[C@H]1O. The molecule has 420 valence electrons. The Kier molecular flexibility index (Phi) is 23.7. The van der Waals surface area contributed by atoms with Crippen LogP contribution in [0.3, 0.4) is 0 Å². The van der Waals surface area contributed by atoms with E-state index in [-0.39, 0.29) is 49.2 Å². The number of nitrogens with one attached hydrogen (secondary N) is 4. The van der Waals surface area contributed by atoms with E-state index < -0.39 is 126 Å². The molecule has 2 aliphatic rings. The molecular formula is C56H83N7O12S. The number of aliphatic hydroxyl groups excluding tert-OH is 1. The molecule has 2 aromatic carbocycles. The van der Waals surface area contributed by atoms with Crippen LogP contribution in [0.2, 0.25) is 0 Å². The maximum absolute atomic E-state index is 15.0. The molecule has 2 fully saturated rings.